The average molecular weight is 399 g/mol. The molecule has 4 rings (SSSR count). The van der Waals surface area contributed by atoms with Crippen LogP contribution in [-0.2, 0) is 6.18 Å². The third-order valence-corrected chi connectivity index (χ3v) is 5.20. The summed E-state index contributed by atoms with van der Waals surface area (Å²) in [5.41, 5.74) is 1.47. The molecule has 0 fully saturated rings. The number of nitrogens with one attached hydrogen (secondary N) is 1. The molecular weight excluding hydrogens is 383 g/mol. The van der Waals surface area contributed by atoms with Crippen molar-refractivity contribution in [3.05, 3.63) is 76.5 Å². The van der Waals surface area contributed by atoms with Crippen LogP contribution in [0.4, 0.5) is 23.7 Å². The fourth-order valence-corrected chi connectivity index (χ4v) is 3.86. The summed E-state index contributed by atoms with van der Waals surface area (Å²) in [7, 11) is 0. The number of allylic oxidation sites excluding steroid dienone is 1. The second kappa shape index (κ2) is 6.94. The molecule has 2 aliphatic rings. The Hall–Kier alpha value is -3.31. The van der Waals surface area contributed by atoms with Crippen LogP contribution in [0.15, 0.2) is 59.8 Å². The van der Waals surface area contributed by atoms with Gasteiger partial charge in [-0.25, -0.2) is 4.79 Å². The van der Waals surface area contributed by atoms with Gasteiger partial charge in [0.2, 0.25) is 0 Å². The van der Waals surface area contributed by atoms with Crippen molar-refractivity contribution in [2.24, 2.45) is 0 Å². The Labute approximate surface area is 164 Å². The Balaban J connectivity index is 1.79. The van der Waals surface area contributed by atoms with Crippen LogP contribution in [0, 0.1) is 11.3 Å². The van der Waals surface area contributed by atoms with E-state index in [4.69, 9.17) is 5.26 Å². The highest BCUT2D eigenvalue weighted by molar-refractivity contribution is 5.97. The van der Waals surface area contributed by atoms with Gasteiger partial charge >= 0.3 is 12.2 Å². The molecule has 5 nitrogen and oxygen atoms in total. The summed E-state index contributed by atoms with van der Waals surface area (Å²) in [5.74, 6) is 0. The van der Waals surface area contributed by atoms with E-state index in [0.29, 0.717) is 35.2 Å². The SMILES string of the molecule is N#Cc1ccc(C2NC(=O)N(c3cccc(C(F)(F)F)c3)C3=C2C(O)CC3)cc1. The molecule has 1 heterocycles. The number of rotatable bonds is 2. The molecule has 1 aliphatic heterocycles. The molecule has 2 atom stereocenters. The maximum atomic E-state index is 13.1. The van der Waals surface area contributed by atoms with Gasteiger partial charge in [0.05, 0.1) is 35.0 Å². The Bertz CT molecular complexity index is 1040. The molecule has 8 heteroatoms. The van der Waals surface area contributed by atoms with Crippen molar-refractivity contribution < 1.29 is 23.1 Å². The minimum atomic E-state index is -4.53. The Morgan fingerprint density at radius 1 is 1.17 bits per heavy atom. The van der Waals surface area contributed by atoms with E-state index in [1.165, 1.54) is 17.0 Å². The van der Waals surface area contributed by atoms with Gasteiger partial charge in [-0.05, 0) is 48.7 Å². The first-order valence-electron chi connectivity index (χ1n) is 8.98. The maximum Gasteiger partial charge on any atom is 0.416 e. The van der Waals surface area contributed by atoms with E-state index in [0.717, 1.165) is 12.1 Å². The zero-order valence-corrected chi connectivity index (χ0v) is 15.1. The molecule has 1 aliphatic carbocycles. The first kappa shape index (κ1) is 19.0. The lowest BCUT2D eigenvalue weighted by Gasteiger charge is -2.36. The van der Waals surface area contributed by atoms with E-state index < -0.39 is 29.9 Å². The lowest BCUT2D eigenvalue weighted by atomic mass is 9.93. The van der Waals surface area contributed by atoms with E-state index >= 15 is 0 Å². The number of carbonyl (C=O) groups excluding carboxylic acids is 1. The monoisotopic (exact) mass is 399 g/mol. The number of alkyl halides is 3. The van der Waals surface area contributed by atoms with E-state index in [1.54, 1.807) is 24.3 Å². The summed E-state index contributed by atoms with van der Waals surface area (Å²) in [4.78, 5) is 14.1. The molecule has 0 aromatic heterocycles. The van der Waals surface area contributed by atoms with E-state index in [-0.39, 0.29) is 5.69 Å². The Morgan fingerprint density at radius 3 is 2.55 bits per heavy atom. The van der Waals surface area contributed by atoms with Gasteiger partial charge in [-0.1, -0.05) is 18.2 Å². The minimum Gasteiger partial charge on any atom is -0.389 e. The van der Waals surface area contributed by atoms with Crippen LogP contribution in [0.1, 0.15) is 35.6 Å². The number of hydrogen-bond donors (Lipinski definition) is 2. The second-order valence-electron chi connectivity index (χ2n) is 6.96. The Kier molecular flexibility index (Phi) is 4.55. The van der Waals surface area contributed by atoms with E-state index in [1.807, 2.05) is 6.07 Å². The average Bonchev–Trinajstić information content (AvgIpc) is 3.08. The summed E-state index contributed by atoms with van der Waals surface area (Å²) in [6.45, 7) is 0. The predicted molar refractivity (Wildman–Crippen MR) is 98.6 cm³/mol. The molecule has 2 aromatic rings. The van der Waals surface area contributed by atoms with Crippen molar-refractivity contribution in [2.45, 2.75) is 31.2 Å². The van der Waals surface area contributed by atoms with Crippen LogP contribution in [0.3, 0.4) is 0 Å². The fourth-order valence-electron chi connectivity index (χ4n) is 3.86. The van der Waals surface area contributed by atoms with Crippen LogP contribution in [-0.4, -0.2) is 17.2 Å². The summed E-state index contributed by atoms with van der Waals surface area (Å²) in [5, 5.41) is 22.3. The summed E-state index contributed by atoms with van der Waals surface area (Å²) in [6, 6.07) is 12.0. The summed E-state index contributed by atoms with van der Waals surface area (Å²) < 4.78 is 39.3. The number of aliphatic hydroxyl groups is 1. The number of nitriles is 1. The molecule has 2 unspecified atom stereocenters. The highest BCUT2D eigenvalue weighted by atomic mass is 19.4. The topological polar surface area (TPSA) is 76.4 Å². The van der Waals surface area contributed by atoms with Crippen LogP contribution in [0.2, 0.25) is 0 Å². The van der Waals surface area contributed by atoms with Crippen molar-refractivity contribution in [3.63, 3.8) is 0 Å². The van der Waals surface area contributed by atoms with Crippen molar-refractivity contribution >= 4 is 11.7 Å². The zero-order valence-electron chi connectivity index (χ0n) is 15.1. The van der Waals surface area contributed by atoms with Gasteiger partial charge in [0, 0.05) is 11.3 Å². The highest BCUT2D eigenvalue weighted by Crippen LogP contribution is 2.43. The lowest BCUT2D eigenvalue weighted by molar-refractivity contribution is -0.137. The molecular formula is C21H16F3N3O2. The molecule has 0 saturated heterocycles. The van der Waals surface area contributed by atoms with Gasteiger partial charge in [-0.2, -0.15) is 18.4 Å². The molecule has 2 amide bonds. The molecule has 2 N–H and O–H groups in total. The third kappa shape index (κ3) is 3.34. The molecule has 29 heavy (non-hydrogen) atoms. The van der Waals surface area contributed by atoms with Gasteiger partial charge in [0.15, 0.2) is 0 Å². The minimum absolute atomic E-state index is 0.0946. The van der Waals surface area contributed by atoms with Crippen LogP contribution < -0.4 is 10.2 Å². The number of carbonyl (C=O) groups is 1. The fraction of sp³-hybridized carbons (Fsp3) is 0.238. The van der Waals surface area contributed by atoms with E-state index in [2.05, 4.69) is 5.32 Å². The zero-order chi connectivity index (χ0) is 20.8. The molecule has 0 spiro atoms. The van der Waals surface area contributed by atoms with Gasteiger partial charge in [0.25, 0.3) is 0 Å². The van der Waals surface area contributed by atoms with Crippen molar-refractivity contribution in [3.8, 4) is 6.07 Å². The summed E-state index contributed by atoms with van der Waals surface area (Å²) in [6.07, 6.45) is -4.60. The highest BCUT2D eigenvalue weighted by Gasteiger charge is 2.41. The number of nitrogens with zero attached hydrogens (tertiary/aromatic N) is 2. The number of urea groups is 1. The Morgan fingerprint density at radius 2 is 1.90 bits per heavy atom. The predicted octanol–water partition coefficient (Wildman–Crippen LogP) is 4.26. The largest absolute Gasteiger partial charge is 0.416 e. The summed E-state index contributed by atoms with van der Waals surface area (Å²) >= 11 is 0. The number of anilines is 1. The third-order valence-electron chi connectivity index (χ3n) is 5.20. The van der Waals surface area contributed by atoms with Crippen LogP contribution in [0.25, 0.3) is 0 Å². The number of benzene rings is 2. The number of halogens is 3. The normalized spacial score (nSPS) is 21.6. The number of hydrogen-bond acceptors (Lipinski definition) is 3. The van der Waals surface area contributed by atoms with Crippen molar-refractivity contribution in [1.82, 2.24) is 5.32 Å². The second-order valence-corrected chi connectivity index (χ2v) is 6.96. The van der Waals surface area contributed by atoms with Crippen LogP contribution in [0.5, 0.6) is 0 Å². The molecule has 0 saturated carbocycles. The maximum absolute atomic E-state index is 13.1. The molecule has 0 bridgehead atoms. The van der Waals surface area contributed by atoms with Crippen LogP contribution >= 0.6 is 0 Å². The first-order chi connectivity index (χ1) is 13.8. The first-order valence-corrected chi connectivity index (χ1v) is 8.98. The van der Waals surface area contributed by atoms with Crippen molar-refractivity contribution in [2.75, 3.05) is 4.90 Å². The smallest absolute Gasteiger partial charge is 0.389 e. The van der Waals surface area contributed by atoms with Gasteiger partial charge in [-0.3, -0.25) is 4.90 Å². The standard InChI is InChI=1S/C21H16F3N3O2/c22-21(23,24)14-2-1-3-15(10-14)27-16-8-9-17(28)18(16)19(26-20(27)29)13-6-4-12(11-25)5-7-13/h1-7,10,17,19,28H,8-9H2,(H,26,29). The molecule has 2 aromatic carbocycles. The number of aliphatic hydroxyl groups excluding tert-OH is 1. The van der Waals surface area contributed by atoms with Gasteiger partial charge in [0.1, 0.15) is 0 Å². The lowest BCUT2D eigenvalue weighted by Crippen LogP contribution is -2.47. The van der Waals surface area contributed by atoms with Crippen molar-refractivity contribution in [1.29, 1.82) is 5.26 Å². The van der Waals surface area contributed by atoms with E-state index in [9.17, 15) is 23.1 Å². The van der Waals surface area contributed by atoms with Gasteiger partial charge < -0.3 is 10.4 Å². The molecule has 0 radical (unpaired) electrons. The quantitative estimate of drug-likeness (QED) is 0.792. The number of amides is 2. The van der Waals surface area contributed by atoms with Gasteiger partial charge in [-0.15, -0.1) is 0 Å². The molecule has 148 valence electrons.